The molecule has 2 heterocycles. The first-order chi connectivity index (χ1) is 10.7. The van der Waals surface area contributed by atoms with Gasteiger partial charge in [-0.25, -0.2) is 4.79 Å². The highest BCUT2D eigenvalue weighted by atomic mass is 16.5. The number of unbranched alkanes of at least 4 members (excludes halogenated alkanes) is 1. The van der Waals surface area contributed by atoms with E-state index in [2.05, 4.69) is 36.2 Å². The second kappa shape index (κ2) is 8.15. The summed E-state index contributed by atoms with van der Waals surface area (Å²) in [5.41, 5.74) is 0. The molecule has 22 heavy (non-hydrogen) atoms. The molecule has 0 radical (unpaired) electrons. The lowest BCUT2D eigenvalue weighted by Crippen LogP contribution is -2.45. The fourth-order valence-electron chi connectivity index (χ4n) is 2.64. The number of nitrogens with one attached hydrogen (secondary N) is 1. The summed E-state index contributed by atoms with van der Waals surface area (Å²) in [5, 5.41) is 7.07. The molecule has 1 aliphatic rings. The average Bonchev–Trinajstić information content (AvgIpc) is 3.04. The van der Waals surface area contributed by atoms with Crippen LogP contribution in [0.15, 0.2) is 4.52 Å². The average molecular weight is 308 g/mol. The zero-order valence-electron chi connectivity index (χ0n) is 14.0. The first-order valence-electron chi connectivity index (χ1n) is 8.51. The molecule has 2 rings (SSSR count). The summed E-state index contributed by atoms with van der Waals surface area (Å²) in [4.78, 5) is 18.6. The van der Waals surface area contributed by atoms with E-state index in [9.17, 15) is 4.79 Å². The minimum atomic E-state index is 0.0276. The molecule has 1 aliphatic heterocycles. The van der Waals surface area contributed by atoms with Crippen LogP contribution in [0.3, 0.4) is 0 Å². The van der Waals surface area contributed by atoms with Gasteiger partial charge in [0, 0.05) is 25.6 Å². The number of likely N-dealkylation sites (tertiary alicyclic amines) is 1. The maximum Gasteiger partial charge on any atom is 0.317 e. The van der Waals surface area contributed by atoms with Gasteiger partial charge in [-0.1, -0.05) is 32.3 Å². The smallest absolute Gasteiger partial charge is 0.317 e. The van der Waals surface area contributed by atoms with Crippen LogP contribution in [0.25, 0.3) is 0 Å². The van der Waals surface area contributed by atoms with Gasteiger partial charge in [0.2, 0.25) is 5.89 Å². The van der Waals surface area contributed by atoms with Crippen molar-refractivity contribution in [1.82, 2.24) is 20.4 Å². The van der Waals surface area contributed by atoms with Gasteiger partial charge >= 0.3 is 6.03 Å². The first-order valence-corrected chi connectivity index (χ1v) is 8.51. The van der Waals surface area contributed by atoms with E-state index in [0.717, 1.165) is 51.0 Å². The third kappa shape index (κ3) is 4.21. The monoisotopic (exact) mass is 308 g/mol. The summed E-state index contributed by atoms with van der Waals surface area (Å²) in [6, 6.07) is 0.0276. The van der Waals surface area contributed by atoms with Gasteiger partial charge in [-0.3, -0.25) is 0 Å². The largest absolute Gasteiger partial charge is 0.339 e. The lowest BCUT2D eigenvalue weighted by Gasteiger charge is -2.31. The van der Waals surface area contributed by atoms with Crippen LogP contribution in [0, 0.1) is 0 Å². The van der Waals surface area contributed by atoms with Crippen LogP contribution in [-0.2, 0) is 0 Å². The maximum absolute atomic E-state index is 12.2. The Morgan fingerprint density at radius 1 is 1.50 bits per heavy atom. The van der Waals surface area contributed by atoms with Crippen molar-refractivity contribution in [1.29, 1.82) is 0 Å². The number of carbonyl (C=O) groups excluding carboxylic acids is 1. The molecule has 0 unspecified atom stereocenters. The van der Waals surface area contributed by atoms with Crippen molar-refractivity contribution in [3.8, 4) is 0 Å². The molecule has 124 valence electrons. The number of rotatable bonds is 6. The van der Waals surface area contributed by atoms with Gasteiger partial charge in [0.1, 0.15) is 0 Å². The molecule has 1 fully saturated rings. The van der Waals surface area contributed by atoms with E-state index in [1.54, 1.807) is 0 Å². The summed E-state index contributed by atoms with van der Waals surface area (Å²) in [6.45, 7) is 8.55. The van der Waals surface area contributed by atoms with Crippen LogP contribution >= 0.6 is 0 Å². The van der Waals surface area contributed by atoms with Crippen LogP contribution in [0.2, 0.25) is 0 Å². The van der Waals surface area contributed by atoms with E-state index in [0.29, 0.717) is 18.4 Å². The zero-order valence-corrected chi connectivity index (χ0v) is 14.0. The van der Waals surface area contributed by atoms with Crippen molar-refractivity contribution in [2.75, 3.05) is 19.6 Å². The molecule has 1 N–H and O–H groups in total. The molecule has 1 aromatic heterocycles. The topological polar surface area (TPSA) is 71.3 Å². The highest BCUT2D eigenvalue weighted by Gasteiger charge is 2.28. The minimum absolute atomic E-state index is 0.0276. The number of nitrogens with zero attached hydrogens (tertiary/aromatic N) is 3. The fraction of sp³-hybridized carbons (Fsp3) is 0.812. The normalized spacial score (nSPS) is 20.0. The van der Waals surface area contributed by atoms with Gasteiger partial charge in [-0.05, 0) is 25.7 Å². The van der Waals surface area contributed by atoms with Crippen LogP contribution in [0.4, 0.5) is 4.79 Å². The second-order valence-electron chi connectivity index (χ2n) is 6.17. The van der Waals surface area contributed by atoms with Gasteiger partial charge in [0.15, 0.2) is 5.82 Å². The number of amides is 2. The molecule has 2 atom stereocenters. The quantitative estimate of drug-likeness (QED) is 0.819. The first kappa shape index (κ1) is 16.8. The minimum Gasteiger partial charge on any atom is -0.339 e. The molecular weight excluding hydrogens is 280 g/mol. The SMILES string of the molecule is CCCCNC(=O)N1CCC[C@H](c2nc([C@@H](C)CC)no2)C1. The zero-order chi connectivity index (χ0) is 15.9. The number of urea groups is 1. The lowest BCUT2D eigenvalue weighted by molar-refractivity contribution is 0.172. The molecule has 1 aromatic rings. The molecule has 0 aromatic carbocycles. The van der Waals surface area contributed by atoms with Crippen molar-refractivity contribution in [2.24, 2.45) is 0 Å². The Labute approximate surface area is 132 Å². The summed E-state index contributed by atoms with van der Waals surface area (Å²) in [7, 11) is 0. The predicted molar refractivity (Wildman–Crippen MR) is 84.9 cm³/mol. The fourth-order valence-corrected chi connectivity index (χ4v) is 2.64. The second-order valence-corrected chi connectivity index (χ2v) is 6.17. The molecule has 0 aliphatic carbocycles. The molecule has 0 saturated carbocycles. The molecule has 6 heteroatoms. The van der Waals surface area contributed by atoms with Crippen molar-refractivity contribution < 1.29 is 9.32 Å². The molecule has 1 saturated heterocycles. The lowest BCUT2D eigenvalue weighted by atomic mass is 9.98. The molecular formula is C16H28N4O2. The van der Waals surface area contributed by atoms with E-state index in [-0.39, 0.29) is 11.9 Å². The molecule has 0 spiro atoms. The number of carbonyl (C=O) groups is 1. The Balaban J connectivity index is 1.92. The van der Waals surface area contributed by atoms with Crippen LogP contribution in [0.1, 0.15) is 76.4 Å². The number of piperidine rings is 1. The third-order valence-corrected chi connectivity index (χ3v) is 4.37. The molecule has 0 bridgehead atoms. The van der Waals surface area contributed by atoms with Crippen molar-refractivity contribution in [2.45, 2.75) is 64.7 Å². The molecule has 2 amide bonds. The number of hydrogen-bond acceptors (Lipinski definition) is 4. The van der Waals surface area contributed by atoms with Crippen molar-refractivity contribution in [3.63, 3.8) is 0 Å². The Bertz CT molecular complexity index is 474. The maximum atomic E-state index is 12.2. The summed E-state index contributed by atoms with van der Waals surface area (Å²) >= 11 is 0. The predicted octanol–water partition coefficient (Wildman–Crippen LogP) is 3.27. The highest BCUT2D eigenvalue weighted by Crippen LogP contribution is 2.27. The van der Waals surface area contributed by atoms with E-state index < -0.39 is 0 Å². The van der Waals surface area contributed by atoms with E-state index in [1.165, 1.54) is 0 Å². The Kier molecular flexibility index (Phi) is 6.21. The Morgan fingerprint density at radius 3 is 3.05 bits per heavy atom. The van der Waals surface area contributed by atoms with E-state index in [4.69, 9.17) is 4.52 Å². The van der Waals surface area contributed by atoms with Crippen molar-refractivity contribution >= 4 is 6.03 Å². The van der Waals surface area contributed by atoms with E-state index in [1.807, 2.05) is 4.90 Å². The third-order valence-electron chi connectivity index (χ3n) is 4.37. The van der Waals surface area contributed by atoms with Crippen molar-refractivity contribution in [3.05, 3.63) is 11.7 Å². The standard InChI is InChI=1S/C16H28N4O2/c1-4-6-9-17-16(21)20-10-7-8-13(11-20)15-18-14(19-22-15)12(3)5-2/h12-13H,4-11H2,1-3H3,(H,17,21)/t12-,13-/m0/s1. The van der Waals surface area contributed by atoms with Crippen LogP contribution in [-0.4, -0.2) is 40.7 Å². The highest BCUT2D eigenvalue weighted by molar-refractivity contribution is 5.74. The number of aromatic nitrogens is 2. The van der Waals surface area contributed by atoms with Gasteiger partial charge in [-0.2, -0.15) is 4.98 Å². The molecule has 6 nitrogen and oxygen atoms in total. The van der Waals surface area contributed by atoms with E-state index >= 15 is 0 Å². The van der Waals surface area contributed by atoms with Crippen LogP contribution < -0.4 is 5.32 Å². The Morgan fingerprint density at radius 2 is 2.32 bits per heavy atom. The summed E-state index contributed by atoms with van der Waals surface area (Å²) < 4.78 is 5.43. The van der Waals surface area contributed by atoms with Gasteiger partial charge in [0.05, 0.1) is 5.92 Å². The van der Waals surface area contributed by atoms with Gasteiger partial charge in [-0.15, -0.1) is 0 Å². The van der Waals surface area contributed by atoms with Gasteiger partial charge < -0.3 is 14.7 Å². The number of hydrogen-bond donors (Lipinski definition) is 1. The van der Waals surface area contributed by atoms with Gasteiger partial charge in [0.25, 0.3) is 0 Å². The summed E-state index contributed by atoms with van der Waals surface area (Å²) in [5.74, 6) is 1.94. The summed E-state index contributed by atoms with van der Waals surface area (Å²) in [6.07, 6.45) is 5.08. The Hall–Kier alpha value is -1.59. The van der Waals surface area contributed by atoms with Crippen LogP contribution in [0.5, 0.6) is 0 Å².